The smallest absolute Gasteiger partial charge is 0.0491 e. The molecule has 0 radical (unpaired) electrons. The summed E-state index contributed by atoms with van der Waals surface area (Å²) in [6, 6.07) is 17.6. The Bertz CT molecular complexity index is 641. The van der Waals surface area contributed by atoms with E-state index in [1.54, 1.807) is 0 Å². The Labute approximate surface area is 130 Å². The predicted molar refractivity (Wildman–Crippen MR) is 86.9 cm³/mol. The topological polar surface area (TPSA) is 15.3 Å². The summed E-state index contributed by atoms with van der Waals surface area (Å²) in [5.41, 5.74) is 4.11. The van der Waals surface area contributed by atoms with Crippen molar-refractivity contribution in [3.05, 3.63) is 70.2 Å². The van der Waals surface area contributed by atoms with Crippen LogP contribution < -0.4 is 5.32 Å². The molecule has 2 aromatic rings. The molecule has 2 aliphatic rings. The lowest BCUT2D eigenvalue weighted by atomic mass is 9.80. The summed E-state index contributed by atoms with van der Waals surface area (Å²) >= 11 is 6.56. The van der Waals surface area contributed by atoms with Crippen LogP contribution in [0.5, 0.6) is 0 Å². The molecular weight excluding hydrogens is 280 g/mol. The van der Waals surface area contributed by atoms with E-state index in [9.17, 15) is 0 Å². The number of piperazine rings is 1. The highest BCUT2D eigenvalue weighted by Crippen LogP contribution is 2.42. The Hall–Kier alpha value is -1.35. The Kier molecular flexibility index (Phi) is 3.46. The Balaban J connectivity index is 1.85. The standard InChI is InChI=1S/C18H19ClN2/c19-16-8-4-7-14-15(13-5-2-1-3-6-13)12-21-10-9-20-11-17(21)18(14)16/h1-8,15,17,20H,9-12H2/t15-,17+/m1/s1. The second kappa shape index (κ2) is 5.45. The van der Waals surface area contributed by atoms with Crippen LogP contribution in [0.15, 0.2) is 48.5 Å². The third-order valence-corrected chi connectivity index (χ3v) is 5.10. The molecule has 2 heterocycles. The molecule has 0 bridgehead atoms. The average molecular weight is 299 g/mol. The second-order valence-electron chi connectivity index (χ2n) is 5.92. The summed E-state index contributed by atoms with van der Waals surface area (Å²) in [6.45, 7) is 4.25. The lowest BCUT2D eigenvalue weighted by molar-refractivity contribution is 0.143. The van der Waals surface area contributed by atoms with Crippen LogP contribution in [-0.4, -0.2) is 31.1 Å². The molecule has 0 amide bonds. The Morgan fingerprint density at radius 2 is 1.90 bits per heavy atom. The molecule has 0 unspecified atom stereocenters. The third kappa shape index (κ3) is 2.28. The molecule has 2 aliphatic heterocycles. The van der Waals surface area contributed by atoms with E-state index in [1.807, 2.05) is 6.07 Å². The lowest BCUT2D eigenvalue weighted by Gasteiger charge is -2.44. The molecule has 4 rings (SSSR count). The number of fused-ring (bicyclic) bond motifs is 3. The van der Waals surface area contributed by atoms with Crippen molar-refractivity contribution in [2.24, 2.45) is 0 Å². The molecule has 2 atom stereocenters. The first-order valence-corrected chi connectivity index (χ1v) is 8.00. The first-order chi connectivity index (χ1) is 10.3. The molecule has 1 fully saturated rings. The minimum Gasteiger partial charge on any atom is -0.314 e. The fraction of sp³-hybridized carbons (Fsp3) is 0.333. The van der Waals surface area contributed by atoms with Crippen LogP contribution in [0.4, 0.5) is 0 Å². The van der Waals surface area contributed by atoms with Gasteiger partial charge in [-0.1, -0.05) is 54.1 Å². The summed E-state index contributed by atoms with van der Waals surface area (Å²) in [7, 11) is 0. The van der Waals surface area contributed by atoms with Gasteiger partial charge in [-0.2, -0.15) is 0 Å². The molecule has 2 nitrogen and oxygen atoms in total. The molecule has 1 N–H and O–H groups in total. The van der Waals surface area contributed by atoms with Crippen molar-refractivity contribution in [3.63, 3.8) is 0 Å². The third-order valence-electron chi connectivity index (χ3n) is 4.77. The zero-order valence-corrected chi connectivity index (χ0v) is 12.7. The first-order valence-electron chi connectivity index (χ1n) is 7.62. The van der Waals surface area contributed by atoms with Crippen molar-refractivity contribution in [2.45, 2.75) is 12.0 Å². The molecule has 0 saturated carbocycles. The highest BCUT2D eigenvalue weighted by molar-refractivity contribution is 6.31. The van der Waals surface area contributed by atoms with Gasteiger partial charge in [-0.05, 0) is 22.8 Å². The summed E-state index contributed by atoms with van der Waals surface area (Å²) in [4.78, 5) is 2.59. The van der Waals surface area contributed by atoms with Gasteiger partial charge >= 0.3 is 0 Å². The van der Waals surface area contributed by atoms with Crippen LogP contribution in [0.1, 0.15) is 28.7 Å². The number of halogens is 1. The fourth-order valence-electron chi connectivity index (χ4n) is 3.76. The van der Waals surface area contributed by atoms with Crippen molar-refractivity contribution in [2.75, 3.05) is 26.2 Å². The predicted octanol–water partition coefficient (Wildman–Crippen LogP) is 3.43. The van der Waals surface area contributed by atoms with E-state index in [-0.39, 0.29) is 0 Å². The normalized spacial score (nSPS) is 25.2. The van der Waals surface area contributed by atoms with Gasteiger partial charge in [0.1, 0.15) is 0 Å². The van der Waals surface area contributed by atoms with Gasteiger partial charge < -0.3 is 5.32 Å². The molecule has 2 aromatic carbocycles. The number of rotatable bonds is 1. The van der Waals surface area contributed by atoms with Gasteiger partial charge in [0, 0.05) is 43.2 Å². The van der Waals surface area contributed by atoms with E-state index in [0.29, 0.717) is 12.0 Å². The zero-order valence-electron chi connectivity index (χ0n) is 11.9. The average Bonchev–Trinajstić information content (AvgIpc) is 2.55. The largest absolute Gasteiger partial charge is 0.314 e. The molecule has 0 aliphatic carbocycles. The molecule has 0 spiro atoms. The van der Waals surface area contributed by atoms with E-state index in [1.165, 1.54) is 16.7 Å². The van der Waals surface area contributed by atoms with Crippen LogP contribution >= 0.6 is 11.6 Å². The SMILES string of the molecule is Clc1cccc2c1[C@@H]1CNCCN1C[C@@H]2c1ccccc1. The van der Waals surface area contributed by atoms with E-state index < -0.39 is 0 Å². The van der Waals surface area contributed by atoms with Crippen LogP contribution in [0, 0.1) is 0 Å². The van der Waals surface area contributed by atoms with Crippen molar-refractivity contribution in [1.29, 1.82) is 0 Å². The maximum atomic E-state index is 6.56. The second-order valence-corrected chi connectivity index (χ2v) is 6.33. The highest BCUT2D eigenvalue weighted by atomic mass is 35.5. The van der Waals surface area contributed by atoms with E-state index in [2.05, 4.69) is 52.7 Å². The minimum absolute atomic E-state index is 0.419. The minimum atomic E-state index is 0.419. The maximum absolute atomic E-state index is 6.56. The van der Waals surface area contributed by atoms with Gasteiger partial charge in [-0.3, -0.25) is 4.90 Å². The van der Waals surface area contributed by atoms with E-state index in [0.717, 1.165) is 31.2 Å². The summed E-state index contributed by atoms with van der Waals surface area (Å²) in [5, 5.41) is 4.42. The van der Waals surface area contributed by atoms with Gasteiger partial charge in [0.2, 0.25) is 0 Å². The Morgan fingerprint density at radius 3 is 2.76 bits per heavy atom. The number of hydrogen-bond donors (Lipinski definition) is 1. The van der Waals surface area contributed by atoms with Crippen LogP contribution in [0.3, 0.4) is 0 Å². The van der Waals surface area contributed by atoms with Crippen LogP contribution in [-0.2, 0) is 0 Å². The van der Waals surface area contributed by atoms with Gasteiger partial charge in [0.25, 0.3) is 0 Å². The van der Waals surface area contributed by atoms with Crippen molar-refractivity contribution >= 4 is 11.6 Å². The van der Waals surface area contributed by atoms with Gasteiger partial charge in [0.15, 0.2) is 0 Å². The Morgan fingerprint density at radius 1 is 1.05 bits per heavy atom. The maximum Gasteiger partial charge on any atom is 0.0491 e. The van der Waals surface area contributed by atoms with Crippen molar-refractivity contribution in [3.8, 4) is 0 Å². The number of nitrogens with zero attached hydrogens (tertiary/aromatic N) is 1. The number of benzene rings is 2. The van der Waals surface area contributed by atoms with Gasteiger partial charge in [-0.15, -0.1) is 0 Å². The van der Waals surface area contributed by atoms with Crippen molar-refractivity contribution < 1.29 is 0 Å². The zero-order chi connectivity index (χ0) is 14.2. The molecule has 0 aromatic heterocycles. The molecule has 1 saturated heterocycles. The van der Waals surface area contributed by atoms with E-state index >= 15 is 0 Å². The first kappa shape index (κ1) is 13.3. The van der Waals surface area contributed by atoms with Crippen LogP contribution in [0.2, 0.25) is 5.02 Å². The van der Waals surface area contributed by atoms with E-state index in [4.69, 9.17) is 11.6 Å². The van der Waals surface area contributed by atoms with Gasteiger partial charge in [0.05, 0.1) is 0 Å². The van der Waals surface area contributed by atoms with Gasteiger partial charge in [-0.25, -0.2) is 0 Å². The monoisotopic (exact) mass is 298 g/mol. The molecule has 108 valence electrons. The quantitative estimate of drug-likeness (QED) is 0.868. The summed E-state index contributed by atoms with van der Waals surface area (Å²) in [6.07, 6.45) is 0. The molecular formula is C18H19ClN2. The van der Waals surface area contributed by atoms with Crippen molar-refractivity contribution in [1.82, 2.24) is 10.2 Å². The van der Waals surface area contributed by atoms with Crippen LogP contribution in [0.25, 0.3) is 0 Å². The summed E-state index contributed by atoms with van der Waals surface area (Å²) in [5.74, 6) is 0.425. The number of nitrogens with one attached hydrogen (secondary N) is 1. The highest BCUT2D eigenvalue weighted by Gasteiger charge is 2.36. The fourth-order valence-corrected chi connectivity index (χ4v) is 4.07. The molecule has 3 heteroatoms. The number of hydrogen-bond acceptors (Lipinski definition) is 2. The lowest BCUT2D eigenvalue weighted by Crippen LogP contribution is -2.50. The molecule has 21 heavy (non-hydrogen) atoms. The summed E-state index contributed by atoms with van der Waals surface area (Å²) < 4.78 is 0.